The smallest absolute Gasteiger partial charge is 0.338 e. The number of nitrogens with zero attached hydrogens (tertiary/aromatic N) is 3. The molecule has 9 nitrogen and oxygen atoms in total. The van der Waals surface area contributed by atoms with Crippen LogP contribution in [0.2, 0.25) is 0 Å². The Morgan fingerprint density at radius 2 is 1.75 bits per heavy atom. The maximum Gasteiger partial charge on any atom is 0.338 e. The molecule has 9 heteroatoms. The zero-order valence-electron chi connectivity index (χ0n) is 13.0. The van der Waals surface area contributed by atoms with Crippen molar-refractivity contribution in [2.24, 2.45) is 5.11 Å². The summed E-state index contributed by atoms with van der Waals surface area (Å²) in [6.45, 7) is 1.87. The third kappa shape index (κ3) is 8.16. The summed E-state index contributed by atoms with van der Waals surface area (Å²) in [5, 5.41) is 20.5. The summed E-state index contributed by atoms with van der Waals surface area (Å²) in [7, 11) is 0. The molecule has 0 aromatic heterocycles. The molecule has 1 rings (SSSR count). The predicted molar refractivity (Wildman–Crippen MR) is 85.4 cm³/mol. The molecule has 0 unspecified atom stereocenters. The highest BCUT2D eigenvalue weighted by atomic mass is 16.5. The molecule has 0 saturated heterocycles. The van der Waals surface area contributed by atoms with Crippen molar-refractivity contribution in [2.75, 3.05) is 39.6 Å². The minimum Gasteiger partial charge on any atom is -0.491 e. The quantitative estimate of drug-likeness (QED) is 0.196. The van der Waals surface area contributed by atoms with Crippen molar-refractivity contribution >= 4 is 12.0 Å². The molecule has 0 bridgehead atoms. The van der Waals surface area contributed by atoms with E-state index in [4.69, 9.17) is 30.0 Å². The van der Waals surface area contributed by atoms with Crippen molar-refractivity contribution in [2.45, 2.75) is 0 Å². The SMILES string of the molecule is [N-]=[N+]=NC(=Cc1ccc(OCCOCCOCCO)cc1)C(=O)O. The number of aliphatic hydroxyl groups excluding tert-OH is 1. The summed E-state index contributed by atoms with van der Waals surface area (Å²) in [5.41, 5.74) is 8.50. The molecule has 0 saturated carbocycles. The number of aliphatic carboxylic acids is 1. The zero-order chi connectivity index (χ0) is 17.6. The Kier molecular flexibility index (Phi) is 9.67. The molecule has 130 valence electrons. The molecule has 0 radical (unpaired) electrons. The molecule has 0 aliphatic rings. The molecule has 0 spiro atoms. The highest BCUT2D eigenvalue weighted by Crippen LogP contribution is 2.15. The van der Waals surface area contributed by atoms with Crippen LogP contribution < -0.4 is 4.74 Å². The van der Waals surface area contributed by atoms with Gasteiger partial charge in [-0.15, -0.1) is 0 Å². The van der Waals surface area contributed by atoms with Crippen LogP contribution in [0.5, 0.6) is 5.75 Å². The van der Waals surface area contributed by atoms with E-state index in [9.17, 15) is 4.79 Å². The number of carboxylic acids is 1. The lowest BCUT2D eigenvalue weighted by molar-refractivity contribution is -0.132. The van der Waals surface area contributed by atoms with E-state index in [0.29, 0.717) is 44.3 Å². The fourth-order valence-corrected chi connectivity index (χ4v) is 1.60. The molecule has 2 N–H and O–H groups in total. The Hall–Kier alpha value is -2.58. The van der Waals surface area contributed by atoms with Crippen LogP contribution in [0.15, 0.2) is 35.1 Å². The second-order valence-corrected chi connectivity index (χ2v) is 4.39. The topological polar surface area (TPSA) is 134 Å². The lowest BCUT2D eigenvalue weighted by Crippen LogP contribution is -2.11. The van der Waals surface area contributed by atoms with Gasteiger partial charge in [-0.05, 0) is 29.3 Å². The summed E-state index contributed by atoms with van der Waals surface area (Å²) in [6.07, 6.45) is 1.27. The first-order valence-electron chi connectivity index (χ1n) is 7.16. The molecule has 0 aliphatic carbocycles. The molecule has 1 aromatic carbocycles. The van der Waals surface area contributed by atoms with Gasteiger partial charge in [0.05, 0.1) is 33.0 Å². The van der Waals surface area contributed by atoms with Crippen molar-refractivity contribution in [3.8, 4) is 5.75 Å². The van der Waals surface area contributed by atoms with E-state index in [2.05, 4.69) is 10.0 Å². The molecule has 0 heterocycles. The maximum absolute atomic E-state index is 10.9. The zero-order valence-corrected chi connectivity index (χ0v) is 13.0. The predicted octanol–water partition coefficient (Wildman–Crippen LogP) is 1.83. The second-order valence-electron chi connectivity index (χ2n) is 4.39. The van der Waals surface area contributed by atoms with Crippen LogP contribution in [0, 0.1) is 0 Å². The molecule has 0 amide bonds. The van der Waals surface area contributed by atoms with Gasteiger partial charge in [-0.2, -0.15) is 0 Å². The van der Waals surface area contributed by atoms with Crippen LogP contribution in [0.3, 0.4) is 0 Å². The Labute approximate surface area is 138 Å². The van der Waals surface area contributed by atoms with Gasteiger partial charge in [0.2, 0.25) is 0 Å². The number of carboxylic acid groups (broad SMARTS) is 1. The number of azide groups is 1. The molecule has 24 heavy (non-hydrogen) atoms. The van der Waals surface area contributed by atoms with Crippen LogP contribution >= 0.6 is 0 Å². The Morgan fingerprint density at radius 1 is 1.12 bits per heavy atom. The van der Waals surface area contributed by atoms with E-state index in [-0.39, 0.29) is 12.3 Å². The van der Waals surface area contributed by atoms with E-state index in [1.165, 1.54) is 6.08 Å². The van der Waals surface area contributed by atoms with Crippen molar-refractivity contribution in [1.82, 2.24) is 0 Å². The molecule has 1 aromatic rings. The average molecular weight is 337 g/mol. The van der Waals surface area contributed by atoms with E-state index in [0.717, 1.165) is 0 Å². The first-order valence-corrected chi connectivity index (χ1v) is 7.16. The molecular weight excluding hydrogens is 318 g/mol. The fourth-order valence-electron chi connectivity index (χ4n) is 1.60. The number of benzene rings is 1. The van der Waals surface area contributed by atoms with Gasteiger partial charge in [-0.25, -0.2) is 4.79 Å². The largest absolute Gasteiger partial charge is 0.491 e. The van der Waals surface area contributed by atoms with Gasteiger partial charge in [0.1, 0.15) is 18.1 Å². The van der Waals surface area contributed by atoms with Crippen LogP contribution in [0.4, 0.5) is 0 Å². The molecule has 0 aliphatic heterocycles. The molecule has 0 atom stereocenters. The van der Waals surface area contributed by atoms with E-state index in [1.807, 2.05) is 0 Å². The third-order valence-corrected chi connectivity index (χ3v) is 2.66. The van der Waals surface area contributed by atoms with Gasteiger partial charge in [0.25, 0.3) is 0 Å². The summed E-state index contributed by atoms with van der Waals surface area (Å²) < 4.78 is 15.8. The molecule has 0 fully saturated rings. The van der Waals surface area contributed by atoms with Crippen LogP contribution in [-0.2, 0) is 14.3 Å². The van der Waals surface area contributed by atoms with Crippen LogP contribution in [0.1, 0.15) is 5.56 Å². The monoisotopic (exact) mass is 337 g/mol. The summed E-state index contributed by atoms with van der Waals surface area (Å²) in [6, 6.07) is 6.64. The number of hydrogen-bond acceptors (Lipinski definition) is 6. The van der Waals surface area contributed by atoms with Gasteiger partial charge < -0.3 is 24.4 Å². The van der Waals surface area contributed by atoms with Crippen molar-refractivity contribution in [1.29, 1.82) is 0 Å². The van der Waals surface area contributed by atoms with Gasteiger partial charge in [0, 0.05) is 4.91 Å². The normalized spacial score (nSPS) is 11.0. The first kappa shape index (κ1) is 19.5. The minimum absolute atomic E-state index is 0.00881. The first-order chi connectivity index (χ1) is 11.7. The number of ether oxygens (including phenoxy) is 3. The summed E-state index contributed by atoms with van der Waals surface area (Å²) >= 11 is 0. The van der Waals surface area contributed by atoms with E-state index in [1.54, 1.807) is 24.3 Å². The minimum atomic E-state index is -1.30. The van der Waals surface area contributed by atoms with Crippen molar-refractivity contribution in [3.05, 3.63) is 46.0 Å². The number of aliphatic hydroxyl groups is 1. The lowest BCUT2D eigenvalue weighted by atomic mass is 10.2. The van der Waals surface area contributed by atoms with Gasteiger partial charge in [-0.1, -0.05) is 17.2 Å². The Bertz CT molecular complexity index is 577. The molecular formula is C15H19N3O6. The number of rotatable bonds is 12. The van der Waals surface area contributed by atoms with Crippen LogP contribution in [0.25, 0.3) is 16.5 Å². The Balaban J connectivity index is 2.36. The van der Waals surface area contributed by atoms with E-state index < -0.39 is 5.97 Å². The maximum atomic E-state index is 10.9. The van der Waals surface area contributed by atoms with Crippen LogP contribution in [-0.4, -0.2) is 55.8 Å². The van der Waals surface area contributed by atoms with E-state index >= 15 is 0 Å². The highest BCUT2D eigenvalue weighted by molar-refractivity contribution is 5.91. The Morgan fingerprint density at radius 3 is 2.33 bits per heavy atom. The van der Waals surface area contributed by atoms with Gasteiger partial charge in [-0.3, -0.25) is 0 Å². The number of hydrogen-bond donors (Lipinski definition) is 2. The lowest BCUT2D eigenvalue weighted by Gasteiger charge is -2.07. The third-order valence-electron chi connectivity index (χ3n) is 2.66. The van der Waals surface area contributed by atoms with Crippen molar-refractivity contribution in [3.63, 3.8) is 0 Å². The standard InChI is InChI=1S/C15H19N3O6/c16-18-17-14(15(20)21)11-12-1-3-13(4-2-12)24-10-9-23-8-7-22-6-5-19/h1-4,11,19H,5-10H2,(H,20,21). The fraction of sp³-hybridized carbons (Fsp3) is 0.400. The second kappa shape index (κ2) is 11.9. The summed E-state index contributed by atoms with van der Waals surface area (Å²) in [4.78, 5) is 13.3. The number of carbonyl (C=O) groups is 1. The van der Waals surface area contributed by atoms with Gasteiger partial charge >= 0.3 is 5.97 Å². The van der Waals surface area contributed by atoms with Crippen molar-refractivity contribution < 1.29 is 29.2 Å². The van der Waals surface area contributed by atoms with Gasteiger partial charge in [0.15, 0.2) is 0 Å². The average Bonchev–Trinajstić information content (AvgIpc) is 2.58. The summed E-state index contributed by atoms with van der Waals surface area (Å²) in [5.74, 6) is -0.693. The highest BCUT2D eigenvalue weighted by Gasteiger charge is 2.04.